The summed E-state index contributed by atoms with van der Waals surface area (Å²) in [6, 6.07) is 1.83. The molecule has 1 aromatic rings. The molecule has 0 aromatic carbocycles. The molecule has 2 rings (SSSR count). The van der Waals surface area contributed by atoms with E-state index in [1.165, 1.54) is 0 Å². The van der Waals surface area contributed by atoms with Gasteiger partial charge in [0.2, 0.25) is 0 Å². The molecule has 3 nitrogen and oxygen atoms in total. The van der Waals surface area contributed by atoms with Crippen molar-refractivity contribution in [1.29, 1.82) is 0 Å². The number of hydrogen-bond acceptors (Lipinski definition) is 1. The topological polar surface area (TPSA) is 36.1 Å². The molecule has 1 aliphatic rings. The number of hydrogen-bond donors (Lipinski definition) is 1. The summed E-state index contributed by atoms with van der Waals surface area (Å²) in [5.41, 5.74) is 0.777. The van der Waals surface area contributed by atoms with Crippen molar-refractivity contribution in [3.8, 4) is 0 Å². The van der Waals surface area contributed by atoms with Crippen LogP contribution in [0.3, 0.4) is 0 Å². The van der Waals surface area contributed by atoms with Crippen LogP contribution in [0.1, 0.15) is 30.1 Å². The fourth-order valence-electron chi connectivity index (χ4n) is 1.85. The van der Waals surface area contributed by atoms with Gasteiger partial charge in [0.15, 0.2) is 0 Å². The molecule has 76 valence electrons. The minimum atomic E-state index is 0.165. The van der Waals surface area contributed by atoms with Crippen molar-refractivity contribution in [1.82, 2.24) is 9.88 Å². The molecule has 0 unspecified atom stereocenters. The molecule has 0 spiro atoms. The van der Waals surface area contributed by atoms with Gasteiger partial charge in [0.05, 0.1) is 5.56 Å². The van der Waals surface area contributed by atoms with Crippen LogP contribution in [0.15, 0.2) is 18.5 Å². The first-order chi connectivity index (χ1) is 6.77. The Balaban J connectivity index is 1.99. The molecular formula is C11H16N2O. The number of H-pyrrole nitrogens is 1. The van der Waals surface area contributed by atoms with Gasteiger partial charge in [-0.05, 0) is 24.8 Å². The number of piperidine rings is 1. The van der Waals surface area contributed by atoms with E-state index < -0.39 is 0 Å². The predicted molar refractivity (Wildman–Crippen MR) is 55.1 cm³/mol. The molecule has 1 fully saturated rings. The van der Waals surface area contributed by atoms with E-state index in [1.807, 2.05) is 11.0 Å². The van der Waals surface area contributed by atoms with Crippen LogP contribution in [0.2, 0.25) is 0 Å². The van der Waals surface area contributed by atoms with Gasteiger partial charge in [-0.15, -0.1) is 0 Å². The van der Waals surface area contributed by atoms with Crippen molar-refractivity contribution in [3.05, 3.63) is 24.0 Å². The highest BCUT2D eigenvalue weighted by Crippen LogP contribution is 2.17. The lowest BCUT2D eigenvalue weighted by atomic mass is 9.99. The monoisotopic (exact) mass is 192 g/mol. The van der Waals surface area contributed by atoms with E-state index in [1.54, 1.807) is 12.4 Å². The zero-order chi connectivity index (χ0) is 9.97. The highest BCUT2D eigenvalue weighted by Gasteiger charge is 2.21. The van der Waals surface area contributed by atoms with Crippen molar-refractivity contribution in [2.75, 3.05) is 13.1 Å². The Morgan fingerprint density at radius 1 is 1.50 bits per heavy atom. The highest BCUT2D eigenvalue weighted by atomic mass is 16.2. The average molecular weight is 192 g/mol. The smallest absolute Gasteiger partial charge is 0.255 e. The Kier molecular flexibility index (Phi) is 2.57. The Morgan fingerprint density at radius 3 is 2.79 bits per heavy atom. The maximum absolute atomic E-state index is 11.9. The summed E-state index contributed by atoms with van der Waals surface area (Å²) >= 11 is 0. The third-order valence-electron chi connectivity index (χ3n) is 2.92. The first-order valence-corrected chi connectivity index (χ1v) is 5.19. The molecule has 1 saturated heterocycles. The van der Waals surface area contributed by atoms with Gasteiger partial charge in [-0.2, -0.15) is 0 Å². The summed E-state index contributed by atoms with van der Waals surface area (Å²) in [6.45, 7) is 4.06. The number of carbonyl (C=O) groups excluding carboxylic acids is 1. The van der Waals surface area contributed by atoms with Crippen molar-refractivity contribution in [3.63, 3.8) is 0 Å². The van der Waals surface area contributed by atoms with Crippen molar-refractivity contribution in [2.24, 2.45) is 5.92 Å². The third-order valence-corrected chi connectivity index (χ3v) is 2.92. The molecule has 1 amide bonds. The quantitative estimate of drug-likeness (QED) is 0.724. The van der Waals surface area contributed by atoms with Gasteiger partial charge in [-0.3, -0.25) is 4.79 Å². The molecule has 0 bridgehead atoms. The molecule has 0 radical (unpaired) electrons. The van der Waals surface area contributed by atoms with Crippen LogP contribution in [-0.4, -0.2) is 28.9 Å². The summed E-state index contributed by atoms with van der Waals surface area (Å²) in [4.78, 5) is 16.7. The van der Waals surface area contributed by atoms with E-state index in [0.717, 1.165) is 37.4 Å². The van der Waals surface area contributed by atoms with E-state index in [4.69, 9.17) is 0 Å². The number of amides is 1. The average Bonchev–Trinajstić information content (AvgIpc) is 2.71. The Morgan fingerprint density at radius 2 is 2.21 bits per heavy atom. The number of rotatable bonds is 1. The highest BCUT2D eigenvalue weighted by molar-refractivity contribution is 5.94. The fraction of sp³-hybridized carbons (Fsp3) is 0.545. The summed E-state index contributed by atoms with van der Waals surface area (Å²) in [7, 11) is 0. The van der Waals surface area contributed by atoms with Crippen molar-refractivity contribution in [2.45, 2.75) is 19.8 Å². The lowest BCUT2D eigenvalue weighted by Crippen LogP contribution is -2.37. The molecule has 2 heterocycles. The van der Waals surface area contributed by atoms with E-state index in [2.05, 4.69) is 11.9 Å². The van der Waals surface area contributed by atoms with Crippen LogP contribution in [0.4, 0.5) is 0 Å². The van der Waals surface area contributed by atoms with E-state index >= 15 is 0 Å². The molecule has 0 saturated carbocycles. The standard InChI is InChI=1S/C11H16N2O/c1-9-3-6-13(7-4-9)11(14)10-2-5-12-8-10/h2,5,8-9,12H,3-4,6-7H2,1H3. The van der Waals surface area contributed by atoms with Crippen molar-refractivity contribution < 1.29 is 4.79 Å². The van der Waals surface area contributed by atoms with Gasteiger partial charge in [0, 0.05) is 25.5 Å². The molecule has 1 N–H and O–H groups in total. The fourth-order valence-corrected chi connectivity index (χ4v) is 1.85. The number of aromatic nitrogens is 1. The first-order valence-electron chi connectivity index (χ1n) is 5.19. The normalized spacial score (nSPS) is 18.5. The second-order valence-electron chi connectivity index (χ2n) is 4.07. The lowest BCUT2D eigenvalue weighted by molar-refractivity contribution is 0.0697. The van der Waals surface area contributed by atoms with Gasteiger partial charge in [0.1, 0.15) is 0 Å². The largest absolute Gasteiger partial charge is 0.367 e. The molecular weight excluding hydrogens is 176 g/mol. The number of nitrogens with one attached hydrogen (secondary N) is 1. The second-order valence-corrected chi connectivity index (χ2v) is 4.07. The maximum atomic E-state index is 11.9. The van der Waals surface area contributed by atoms with Crippen molar-refractivity contribution >= 4 is 5.91 Å². The van der Waals surface area contributed by atoms with E-state index in [9.17, 15) is 4.79 Å². The zero-order valence-electron chi connectivity index (χ0n) is 8.49. The Hall–Kier alpha value is -1.25. The van der Waals surface area contributed by atoms with Gasteiger partial charge in [0.25, 0.3) is 5.91 Å². The van der Waals surface area contributed by atoms with Crippen LogP contribution in [0.5, 0.6) is 0 Å². The van der Waals surface area contributed by atoms with E-state index in [0.29, 0.717) is 0 Å². The number of aromatic amines is 1. The van der Waals surface area contributed by atoms with Gasteiger partial charge >= 0.3 is 0 Å². The number of likely N-dealkylation sites (tertiary alicyclic amines) is 1. The minimum Gasteiger partial charge on any atom is -0.367 e. The SMILES string of the molecule is CC1CCN(C(=O)c2cc[nH]c2)CC1. The maximum Gasteiger partial charge on any atom is 0.255 e. The number of carbonyl (C=O) groups is 1. The third kappa shape index (κ3) is 1.81. The predicted octanol–water partition coefficient (Wildman–Crippen LogP) is 1.89. The van der Waals surface area contributed by atoms with Crippen LogP contribution in [-0.2, 0) is 0 Å². The van der Waals surface area contributed by atoms with Crippen LogP contribution in [0.25, 0.3) is 0 Å². The number of nitrogens with zero attached hydrogens (tertiary/aromatic N) is 1. The minimum absolute atomic E-state index is 0.165. The molecule has 0 atom stereocenters. The van der Waals surface area contributed by atoms with Crippen LogP contribution < -0.4 is 0 Å². The molecule has 14 heavy (non-hydrogen) atoms. The first kappa shape index (κ1) is 9.31. The van der Waals surface area contributed by atoms with Gasteiger partial charge < -0.3 is 9.88 Å². The van der Waals surface area contributed by atoms with Gasteiger partial charge in [-0.1, -0.05) is 6.92 Å². The second kappa shape index (κ2) is 3.86. The summed E-state index contributed by atoms with van der Waals surface area (Å²) in [6.07, 6.45) is 5.83. The summed E-state index contributed by atoms with van der Waals surface area (Å²) < 4.78 is 0. The summed E-state index contributed by atoms with van der Waals surface area (Å²) in [5.74, 6) is 0.934. The van der Waals surface area contributed by atoms with Crippen LogP contribution in [0, 0.1) is 5.92 Å². The molecule has 1 aliphatic heterocycles. The molecule has 0 aliphatic carbocycles. The van der Waals surface area contributed by atoms with Crippen LogP contribution >= 0.6 is 0 Å². The van der Waals surface area contributed by atoms with E-state index in [-0.39, 0.29) is 5.91 Å². The molecule has 1 aromatic heterocycles. The Labute approximate surface area is 84.1 Å². The zero-order valence-corrected chi connectivity index (χ0v) is 8.49. The Bertz CT molecular complexity index is 297. The summed E-state index contributed by atoms with van der Waals surface area (Å²) in [5, 5.41) is 0. The van der Waals surface area contributed by atoms with Gasteiger partial charge in [-0.25, -0.2) is 0 Å². The molecule has 3 heteroatoms. The lowest BCUT2D eigenvalue weighted by Gasteiger charge is -2.30.